The van der Waals surface area contributed by atoms with Crippen LogP contribution in [0.5, 0.6) is 11.5 Å². The molecule has 1 saturated carbocycles. The summed E-state index contributed by atoms with van der Waals surface area (Å²) in [6.45, 7) is 5.51. The Kier molecular flexibility index (Phi) is 6.48. The zero-order valence-electron chi connectivity index (χ0n) is 19.9. The molecule has 0 aromatic carbocycles. The highest BCUT2D eigenvalue weighted by atomic mass is 16.6. The van der Waals surface area contributed by atoms with Crippen molar-refractivity contribution in [1.29, 1.82) is 5.26 Å². The molecule has 1 fully saturated rings. The number of aromatic hydroxyl groups is 1. The van der Waals surface area contributed by atoms with Crippen LogP contribution in [-0.2, 0) is 9.53 Å². The maximum Gasteiger partial charge on any atom is 0.311 e. The fourth-order valence-corrected chi connectivity index (χ4v) is 3.98. The van der Waals surface area contributed by atoms with E-state index >= 15 is 0 Å². The number of carbonyl (C=O) groups excluding carboxylic acids is 2. The van der Waals surface area contributed by atoms with Gasteiger partial charge in [-0.2, -0.15) is 5.26 Å². The minimum absolute atomic E-state index is 0.100. The van der Waals surface area contributed by atoms with Crippen LogP contribution in [0.15, 0.2) is 30.7 Å². The average Bonchev–Trinajstić information content (AvgIpc) is 3.64. The minimum atomic E-state index is -1.29. The summed E-state index contributed by atoms with van der Waals surface area (Å²) in [5, 5.41) is 24.2. The van der Waals surface area contributed by atoms with Gasteiger partial charge in [0.2, 0.25) is 5.60 Å². The van der Waals surface area contributed by atoms with Crippen LogP contribution >= 0.6 is 0 Å². The molecule has 0 spiro atoms. The number of carbonyl (C=O) groups is 2. The number of rotatable bonds is 7. The minimum Gasteiger partial charge on any atom is -0.505 e. The number of aromatic nitrogens is 2. The number of nitrogens with one attached hydrogen (secondary N) is 1. The smallest absolute Gasteiger partial charge is 0.311 e. The summed E-state index contributed by atoms with van der Waals surface area (Å²) in [4.78, 5) is 33.5. The van der Waals surface area contributed by atoms with Crippen LogP contribution in [0.1, 0.15) is 50.5 Å². The molecule has 35 heavy (non-hydrogen) atoms. The third kappa shape index (κ3) is 5.60. The van der Waals surface area contributed by atoms with Crippen LogP contribution in [0.3, 0.4) is 0 Å². The van der Waals surface area contributed by atoms with E-state index in [0.717, 1.165) is 12.8 Å². The molecule has 1 amide bonds. The van der Waals surface area contributed by atoms with Gasteiger partial charge in [0.15, 0.2) is 11.4 Å². The second-order valence-corrected chi connectivity index (χ2v) is 9.86. The van der Waals surface area contributed by atoms with Crippen molar-refractivity contribution in [3.05, 3.63) is 46.9 Å². The van der Waals surface area contributed by atoms with Crippen LogP contribution in [0, 0.1) is 23.2 Å². The topological polar surface area (TPSA) is 134 Å². The maximum atomic E-state index is 12.8. The van der Waals surface area contributed by atoms with E-state index in [1.165, 1.54) is 12.4 Å². The standard InChI is InChI=1S/C26H28N4O5/c1-25(2,3)35-24(33)20(16-6-7-16)14-30-23(32)21-22(31)19-8-9-26(15-27,11-17(19)12-29-21)34-18-5-4-10-28-13-18/h4-5,8,10-13,16,20,31H,6-7,9,14H2,1-3H3,(H,30,32). The van der Waals surface area contributed by atoms with Gasteiger partial charge in [0.25, 0.3) is 5.91 Å². The Bertz CT molecular complexity index is 1290. The van der Waals surface area contributed by atoms with E-state index < -0.39 is 23.0 Å². The van der Waals surface area contributed by atoms with Crippen LogP contribution in [0.4, 0.5) is 0 Å². The summed E-state index contributed by atoms with van der Waals surface area (Å²) < 4.78 is 11.4. The van der Waals surface area contributed by atoms with Gasteiger partial charge in [0, 0.05) is 35.8 Å². The van der Waals surface area contributed by atoms with Crippen LogP contribution in [0.2, 0.25) is 0 Å². The lowest BCUT2D eigenvalue weighted by Gasteiger charge is -2.25. The number of nitrogens with zero attached hydrogens (tertiary/aromatic N) is 3. The van der Waals surface area contributed by atoms with Gasteiger partial charge in [0.05, 0.1) is 12.1 Å². The first-order valence-corrected chi connectivity index (χ1v) is 11.5. The molecule has 0 radical (unpaired) electrons. The van der Waals surface area contributed by atoms with E-state index in [-0.39, 0.29) is 36.3 Å². The predicted molar refractivity (Wildman–Crippen MR) is 126 cm³/mol. The van der Waals surface area contributed by atoms with E-state index in [4.69, 9.17) is 9.47 Å². The molecule has 2 N–H and O–H groups in total. The zero-order chi connectivity index (χ0) is 25.2. The van der Waals surface area contributed by atoms with E-state index in [9.17, 15) is 20.0 Å². The molecule has 2 unspecified atom stereocenters. The molecule has 9 nitrogen and oxygen atoms in total. The quantitative estimate of drug-likeness (QED) is 0.576. The summed E-state index contributed by atoms with van der Waals surface area (Å²) in [5.74, 6) is -1.05. The van der Waals surface area contributed by atoms with Crippen molar-refractivity contribution in [2.24, 2.45) is 11.8 Å². The van der Waals surface area contributed by atoms with Gasteiger partial charge in [-0.1, -0.05) is 6.08 Å². The first-order chi connectivity index (χ1) is 16.6. The number of fused-ring (bicyclic) bond motifs is 1. The maximum absolute atomic E-state index is 12.8. The molecule has 2 heterocycles. The molecule has 182 valence electrons. The highest BCUT2D eigenvalue weighted by molar-refractivity contribution is 5.95. The Labute approximate surface area is 203 Å². The van der Waals surface area contributed by atoms with Crippen molar-refractivity contribution in [3.63, 3.8) is 0 Å². The Morgan fingerprint density at radius 2 is 2.11 bits per heavy atom. The number of amides is 1. The van der Waals surface area contributed by atoms with Crippen molar-refractivity contribution < 1.29 is 24.2 Å². The molecular formula is C26H28N4O5. The van der Waals surface area contributed by atoms with Gasteiger partial charge >= 0.3 is 5.97 Å². The summed E-state index contributed by atoms with van der Waals surface area (Å²) in [5.41, 5.74) is -2.05. The third-order valence-electron chi connectivity index (χ3n) is 5.84. The molecule has 0 aliphatic heterocycles. The molecule has 9 heteroatoms. The lowest BCUT2D eigenvalue weighted by Crippen LogP contribution is -2.43. The molecule has 4 rings (SSSR count). The lowest BCUT2D eigenvalue weighted by atomic mass is 9.93. The van der Waals surface area contributed by atoms with E-state index in [1.807, 2.05) is 0 Å². The molecule has 0 saturated heterocycles. The molecular weight excluding hydrogens is 448 g/mol. The Balaban J connectivity index is 1.52. The normalized spacial score (nSPS) is 19.7. The average molecular weight is 477 g/mol. The number of ether oxygens (including phenoxy) is 2. The fraction of sp³-hybridized carbons (Fsp3) is 0.423. The molecule has 2 aromatic heterocycles. The van der Waals surface area contributed by atoms with Gasteiger partial charge < -0.3 is 19.9 Å². The Morgan fingerprint density at radius 3 is 2.74 bits per heavy atom. The highest BCUT2D eigenvalue weighted by Gasteiger charge is 2.39. The van der Waals surface area contributed by atoms with Gasteiger partial charge in [-0.3, -0.25) is 14.6 Å². The summed E-state index contributed by atoms with van der Waals surface area (Å²) in [6, 6.07) is 5.57. The van der Waals surface area contributed by atoms with E-state index in [1.54, 1.807) is 51.3 Å². The second-order valence-electron chi connectivity index (χ2n) is 9.86. The highest BCUT2D eigenvalue weighted by Crippen LogP contribution is 2.37. The number of hydrogen-bond donors (Lipinski definition) is 2. The van der Waals surface area contributed by atoms with Crippen LogP contribution < -0.4 is 20.5 Å². The Hall–Kier alpha value is -3.93. The monoisotopic (exact) mass is 476 g/mol. The number of nitriles is 1. The van der Waals surface area contributed by atoms with Gasteiger partial charge in [-0.15, -0.1) is 0 Å². The van der Waals surface area contributed by atoms with Crippen molar-refractivity contribution >= 4 is 24.0 Å². The van der Waals surface area contributed by atoms with E-state index in [0.29, 0.717) is 16.2 Å². The SMILES string of the molecule is CC(C)(C)OC(=O)C(CNC(=O)c1ncc2c(c1O)=CCC(C#N)(Oc1cccnc1)C=2)C1CC1. The van der Waals surface area contributed by atoms with Crippen molar-refractivity contribution in [1.82, 2.24) is 15.3 Å². The van der Waals surface area contributed by atoms with E-state index in [2.05, 4.69) is 21.4 Å². The second kappa shape index (κ2) is 9.37. The molecule has 2 aromatic rings. The first kappa shape index (κ1) is 24.2. The molecule has 2 aliphatic rings. The van der Waals surface area contributed by atoms with Crippen LogP contribution in [-0.4, -0.2) is 44.7 Å². The molecule has 2 aliphatic carbocycles. The van der Waals surface area contributed by atoms with Gasteiger partial charge in [-0.25, -0.2) is 4.98 Å². The number of pyridine rings is 2. The largest absolute Gasteiger partial charge is 0.505 e. The van der Waals surface area contributed by atoms with Crippen LogP contribution in [0.25, 0.3) is 12.2 Å². The van der Waals surface area contributed by atoms with Gasteiger partial charge in [0.1, 0.15) is 17.4 Å². The summed E-state index contributed by atoms with van der Waals surface area (Å²) in [7, 11) is 0. The van der Waals surface area contributed by atoms with Crippen molar-refractivity contribution in [2.75, 3.05) is 6.54 Å². The van der Waals surface area contributed by atoms with Gasteiger partial charge in [-0.05, 0) is 57.7 Å². The number of esters is 1. The zero-order valence-corrected chi connectivity index (χ0v) is 19.9. The van der Waals surface area contributed by atoms with Crippen molar-refractivity contribution in [2.45, 2.75) is 51.2 Å². The first-order valence-electron chi connectivity index (χ1n) is 11.5. The molecule has 0 bridgehead atoms. The summed E-state index contributed by atoms with van der Waals surface area (Å²) in [6.07, 6.45) is 9.75. The van der Waals surface area contributed by atoms with Crippen molar-refractivity contribution in [3.8, 4) is 17.6 Å². The fourth-order valence-electron chi connectivity index (χ4n) is 3.98. The third-order valence-corrected chi connectivity index (χ3v) is 5.84. The molecule has 2 atom stereocenters. The Morgan fingerprint density at radius 1 is 1.34 bits per heavy atom. The number of hydrogen-bond acceptors (Lipinski definition) is 8. The predicted octanol–water partition coefficient (Wildman–Crippen LogP) is 1.59. The summed E-state index contributed by atoms with van der Waals surface area (Å²) >= 11 is 0. The lowest BCUT2D eigenvalue weighted by molar-refractivity contribution is -0.160.